The minimum atomic E-state index is -5.43. The molecule has 0 atom stereocenters. The number of carbonyl (C=O) groups excluding carboxylic acids is 2. The van der Waals surface area contributed by atoms with Gasteiger partial charge in [-0.3, -0.25) is 9.48 Å². The molecule has 14 heteroatoms. The number of methoxy groups -OCH3 is 1. The molecule has 0 saturated heterocycles. The first-order valence-corrected chi connectivity index (χ1v) is 10.5. The van der Waals surface area contributed by atoms with Gasteiger partial charge in [-0.25, -0.2) is 4.79 Å². The molecule has 0 fully saturated rings. The number of benzene rings is 2. The lowest BCUT2D eigenvalue weighted by atomic mass is 10.1. The lowest BCUT2D eigenvalue weighted by molar-refractivity contribution is -0.189. The molecule has 3 N–H and O–H groups in total. The molecule has 2 aromatic carbocycles. The number of esters is 1. The number of carbonyl (C=O) groups is 2. The zero-order valence-corrected chi connectivity index (χ0v) is 19.5. The average molecular weight is 531 g/mol. The van der Waals surface area contributed by atoms with Crippen molar-refractivity contribution in [2.45, 2.75) is 6.18 Å². The summed E-state index contributed by atoms with van der Waals surface area (Å²) < 4.78 is 68.9. The molecule has 0 saturated carbocycles. The van der Waals surface area contributed by atoms with Gasteiger partial charge in [0.25, 0.3) is 5.91 Å². The third-order valence-electron chi connectivity index (χ3n) is 4.71. The summed E-state index contributed by atoms with van der Waals surface area (Å²) in [5, 5.41) is 6.76. The Morgan fingerprint density at radius 1 is 1.19 bits per heavy atom. The lowest BCUT2D eigenvalue weighted by Crippen LogP contribution is -2.29. The van der Waals surface area contributed by atoms with Gasteiger partial charge < -0.3 is 25.3 Å². The van der Waals surface area contributed by atoms with Crippen molar-refractivity contribution >= 4 is 29.2 Å². The molecule has 36 heavy (non-hydrogen) atoms. The number of nitrogens with zero attached hydrogens (tertiary/aromatic N) is 2. The average Bonchev–Trinajstić information content (AvgIpc) is 3.16. The van der Waals surface area contributed by atoms with Crippen LogP contribution in [0.2, 0.25) is 5.02 Å². The third kappa shape index (κ3) is 5.69. The van der Waals surface area contributed by atoms with Gasteiger partial charge in [-0.2, -0.15) is 22.7 Å². The van der Waals surface area contributed by atoms with Crippen molar-refractivity contribution < 1.29 is 41.4 Å². The standard InChI is InChI=1S/C22H19ClF4N4O5/c1-31-18(14(23)10-29-31)13-9-11(3-5-15(13)35-8-7-28)30-20(32)12-4-6-16(34-2)17(24)19(12)36-21(33)22(25,26)27/h3-6,9-10H,7-8,28H2,1-2H3,(H,30,32). The number of amides is 1. The Hall–Kier alpha value is -3.84. The number of rotatable bonds is 8. The normalized spacial score (nSPS) is 11.2. The van der Waals surface area contributed by atoms with Crippen LogP contribution in [0, 0.1) is 5.82 Å². The number of aryl methyl sites for hydroxylation is 1. The minimum Gasteiger partial charge on any atom is -0.494 e. The molecule has 1 aromatic heterocycles. The molecular weight excluding hydrogens is 512 g/mol. The number of hydrogen-bond acceptors (Lipinski definition) is 7. The van der Waals surface area contributed by atoms with E-state index in [4.69, 9.17) is 26.8 Å². The summed E-state index contributed by atoms with van der Waals surface area (Å²) in [6.07, 6.45) is -4.03. The van der Waals surface area contributed by atoms with Gasteiger partial charge in [-0.1, -0.05) is 11.6 Å². The van der Waals surface area contributed by atoms with E-state index in [1.54, 1.807) is 7.05 Å². The highest BCUT2D eigenvalue weighted by Gasteiger charge is 2.42. The molecule has 1 heterocycles. The van der Waals surface area contributed by atoms with Gasteiger partial charge in [0.15, 0.2) is 11.5 Å². The molecule has 192 valence electrons. The van der Waals surface area contributed by atoms with Crippen molar-refractivity contribution in [3.63, 3.8) is 0 Å². The SMILES string of the molecule is COc1ccc(C(=O)Nc2ccc(OCCN)c(-c3c(Cl)cnn3C)c2)c(OC(=O)C(F)(F)F)c1F. The van der Waals surface area contributed by atoms with Gasteiger partial charge in [0, 0.05) is 24.8 Å². The van der Waals surface area contributed by atoms with Crippen LogP contribution < -0.4 is 25.3 Å². The van der Waals surface area contributed by atoms with Crippen molar-refractivity contribution in [2.75, 3.05) is 25.6 Å². The highest BCUT2D eigenvalue weighted by atomic mass is 35.5. The van der Waals surface area contributed by atoms with E-state index in [-0.39, 0.29) is 23.9 Å². The number of ether oxygens (including phenoxy) is 3. The lowest BCUT2D eigenvalue weighted by Gasteiger charge is -2.16. The molecule has 9 nitrogen and oxygen atoms in total. The Balaban J connectivity index is 2.01. The predicted octanol–water partition coefficient (Wildman–Crippen LogP) is 3.95. The molecule has 0 radical (unpaired) electrons. The fourth-order valence-corrected chi connectivity index (χ4v) is 3.39. The molecular formula is C22H19ClF4N4O5. The largest absolute Gasteiger partial charge is 0.494 e. The summed E-state index contributed by atoms with van der Waals surface area (Å²) >= 11 is 6.25. The molecule has 0 spiro atoms. The van der Waals surface area contributed by atoms with Crippen molar-refractivity contribution in [3.8, 4) is 28.5 Å². The molecule has 1 amide bonds. The summed E-state index contributed by atoms with van der Waals surface area (Å²) in [5.74, 6) is -6.66. The Bertz CT molecular complexity index is 1280. The second-order valence-electron chi connectivity index (χ2n) is 7.11. The molecule has 3 rings (SSSR count). The number of aromatic nitrogens is 2. The highest BCUT2D eigenvalue weighted by Crippen LogP contribution is 2.37. The third-order valence-corrected chi connectivity index (χ3v) is 4.99. The van der Waals surface area contributed by atoms with Gasteiger partial charge in [-0.15, -0.1) is 0 Å². The van der Waals surface area contributed by atoms with Crippen LogP contribution in [0.1, 0.15) is 10.4 Å². The maximum atomic E-state index is 14.7. The Labute approximate surface area is 206 Å². The van der Waals surface area contributed by atoms with Gasteiger partial charge in [0.05, 0.1) is 29.6 Å². The van der Waals surface area contributed by atoms with Crippen molar-refractivity contribution in [2.24, 2.45) is 12.8 Å². The molecule has 0 unspecified atom stereocenters. The first-order chi connectivity index (χ1) is 17.0. The first-order valence-electron chi connectivity index (χ1n) is 10.1. The van der Waals surface area contributed by atoms with E-state index in [9.17, 15) is 27.2 Å². The number of nitrogens with two attached hydrogens (primary N) is 1. The summed E-state index contributed by atoms with van der Waals surface area (Å²) in [6, 6.07) is 6.35. The number of anilines is 1. The zero-order valence-electron chi connectivity index (χ0n) is 18.8. The second kappa shape index (κ2) is 10.8. The van der Waals surface area contributed by atoms with Gasteiger partial charge in [0.2, 0.25) is 5.82 Å². The fraction of sp³-hybridized carbons (Fsp3) is 0.227. The zero-order chi connectivity index (χ0) is 26.6. The van der Waals surface area contributed by atoms with Crippen LogP contribution in [0.5, 0.6) is 17.2 Å². The van der Waals surface area contributed by atoms with E-state index in [0.717, 1.165) is 19.2 Å². The summed E-state index contributed by atoms with van der Waals surface area (Å²) in [7, 11) is 2.67. The second-order valence-corrected chi connectivity index (χ2v) is 7.52. The summed E-state index contributed by atoms with van der Waals surface area (Å²) in [6.45, 7) is 0.396. The van der Waals surface area contributed by atoms with Crippen LogP contribution in [0.4, 0.5) is 23.2 Å². The van der Waals surface area contributed by atoms with E-state index < -0.39 is 40.9 Å². The number of nitrogens with one attached hydrogen (secondary N) is 1. The van der Waals surface area contributed by atoms with E-state index in [1.165, 1.54) is 29.1 Å². The Morgan fingerprint density at radius 3 is 2.47 bits per heavy atom. The van der Waals surface area contributed by atoms with E-state index >= 15 is 0 Å². The highest BCUT2D eigenvalue weighted by molar-refractivity contribution is 6.33. The van der Waals surface area contributed by atoms with E-state index in [0.29, 0.717) is 17.0 Å². The van der Waals surface area contributed by atoms with Gasteiger partial charge in [-0.05, 0) is 30.3 Å². The summed E-state index contributed by atoms with van der Waals surface area (Å²) in [4.78, 5) is 24.3. The predicted molar refractivity (Wildman–Crippen MR) is 121 cm³/mol. The van der Waals surface area contributed by atoms with E-state index in [2.05, 4.69) is 15.2 Å². The number of hydrogen-bond donors (Lipinski definition) is 2. The first kappa shape index (κ1) is 26.8. The smallest absolute Gasteiger partial charge is 0.491 e. The fourth-order valence-electron chi connectivity index (χ4n) is 3.12. The van der Waals surface area contributed by atoms with Crippen LogP contribution in [0.25, 0.3) is 11.3 Å². The van der Waals surface area contributed by atoms with Crippen molar-refractivity contribution in [3.05, 3.63) is 52.9 Å². The van der Waals surface area contributed by atoms with Crippen molar-refractivity contribution in [1.29, 1.82) is 0 Å². The van der Waals surface area contributed by atoms with Crippen LogP contribution in [-0.4, -0.2) is 48.1 Å². The van der Waals surface area contributed by atoms with Gasteiger partial charge in [0.1, 0.15) is 12.4 Å². The minimum absolute atomic E-state index is 0.136. The Kier molecular flexibility index (Phi) is 8.05. The molecule has 0 aliphatic rings. The molecule has 0 aliphatic heterocycles. The van der Waals surface area contributed by atoms with E-state index in [1.807, 2.05) is 0 Å². The van der Waals surface area contributed by atoms with Gasteiger partial charge >= 0.3 is 12.1 Å². The number of alkyl halides is 3. The monoisotopic (exact) mass is 530 g/mol. The summed E-state index contributed by atoms with van der Waals surface area (Å²) in [5.41, 5.74) is 5.80. The van der Waals surface area contributed by atoms with Crippen LogP contribution in [0.3, 0.4) is 0 Å². The molecule has 3 aromatic rings. The number of halogens is 5. The van der Waals surface area contributed by atoms with Crippen molar-refractivity contribution in [1.82, 2.24) is 9.78 Å². The Morgan fingerprint density at radius 2 is 1.89 bits per heavy atom. The topological polar surface area (TPSA) is 118 Å². The van der Waals surface area contributed by atoms with Crippen LogP contribution >= 0.6 is 11.6 Å². The molecule has 0 bridgehead atoms. The molecule has 0 aliphatic carbocycles. The van der Waals surface area contributed by atoms with Crippen LogP contribution in [0.15, 0.2) is 36.5 Å². The van der Waals surface area contributed by atoms with Crippen LogP contribution in [-0.2, 0) is 11.8 Å². The quantitative estimate of drug-likeness (QED) is 0.257. The maximum Gasteiger partial charge on any atom is 0.491 e. The maximum absolute atomic E-state index is 14.7.